The third kappa shape index (κ3) is 2.75. The van der Waals surface area contributed by atoms with Gasteiger partial charge >= 0.3 is 12.1 Å². The van der Waals surface area contributed by atoms with Crippen LogP contribution in [-0.2, 0) is 21.4 Å². The lowest BCUT2D eigenvalue weighted by Crippen LogP contribution is -2.66. The molecule has 0 radical (unpaired) electrons. The van der Waals surface area contributed by atoms with Crippen molar-refractivity contribution in [3.05, 3.63) is 35.4 Å². The maximum Gasteiger partial charge on any atom is 0.410 e. The van der Waals surface area contributed by atoms with E-state index in [9.17, 15) is 14.7 Å². The third-order valence-electron chi connectivity index (χ3n) is 7.17. The summed E-state index contributed by atoms with van der Waals surface area (Å²) in [6, 6.07) is 3.68. The van der Waals surface area contributed by atoms with E-state index < -0.39 is 23.0 Å². The van der Waals surface area contributed by atoms with Crippen LogP contribution in [-0.4, -0.2) is 53.5 Å². The van der Waals surface area contributed by atoms with Crippen molar-refractivity contribution in [3.8, 4) is 11.5 Å². The molecule has 2 aliphatic carbocycles. The number of hydrogen-bond acceptors (Lipinski definition) is 6. The molecule has 2 unspecified atom stereocenters. The number of aliphatic hydroxyl groups is 1. The van der Waals surface area contributed by atoms with Crippen LogP contribution in [0.3, 0.4) is 0 Å². The number of carbonyl (C=O) groups is 2. The van der Waals surface area contributed by atoms with Gasteiger partial charge in [0.1, 0.15) is 12.2 Å². The number of amides is 1. The van der Waals surface area contributed by atoms with Gasteiger partial charge in [0, 0.05) is 29.5 Å². The first-order chi connectivity index (χ1) is 14.7. The summed E-state index contributed by atoms with van der Waals surface area (Å²) in [5.41, 5.74) is 1.01. The smallest absolute Gasteiger partial charge is 0.410 e. The fraction of sp³-hybridized carbons (Fsp3) is 0.583. The minimum atomic E-state index is -0.768. The summed E-state index contributed by atoms with van der Waals surface area (Å²) < 4.78 is 17.4. The van der Waals surface area contributed by atoms with Gasteiger partial charge in [0.15, 0.2) is 11.5 Å². The van der Waals surface area contributed by atoms with E-state index in [1.807, 2.05) is 44.7 Å². The summed E-state index contributed by atoms with van der Waals surface area (Å²) in [5.74, 6) is 0.637. The summed E-state index contributed by atoms with van der Waals surface area (Å²) in [4.78, 5) is 27.0. The highest BCUT2D eigenvalue weighted by Crippen LogP contribution is 2.62. The van der Waals surface area contributed by atoms with Gasteiger partial charge in [-0.3, -0.25) is 4.79 Å². The van der Waals surface area contributed by atoms with Gasteiger partial charge in [-0.25, -0.2) is 4.79 Å². The summed E-state index contributed by atoms with van der Waals surface area (Å²) in [6.07, 6.45) is 3.58. The first-order valence-electron chi connectivity index (χ1n) is 11.0. The number of aliphatic hydroxyl groups excluding tert-OH is 1. The van der Waals surface area contributed by atoms with Crippen LogP contribution >= 0.6 is 0 Å². The number of nitrogens with zero attached hydrogens (tertiary/aromatic N) is 1. The van der Waals surface area contributed by atoms with Crippen LogP contribution in [0, 0.1) is 11.3 Å². The van der Waals surface area contributed by atoms with E-state index >= 15 is 0 Å². The molecule has 5 atom stereocenters. The molecule has 166 valence electrons. The van der Waals surface area contributed by atoms with Crippen molar-refractivity contribution in [1.29, 1.82) is 0 Å². The van der Waals surface area contributed by atoms with Crippen molar-refractivity contribution in [2.75, 3.05) is 13.2 Å². The Morgan fingerprint density at radius 3 is 2.77 bits per heavy atom. The van der Waals surface area contributed by atoms with E-state index in [0.717, 1.165) is 11.1 Å². The topological polar surface area (TPSA) is 85.3 Å². The van der Waals surface area contributed by atoms with Crippen molar-refractivity contribution < 1.29 is 28.9 Å². The molecule has 1 spiro atoms. The zero-order valence-electron chi connectivity index (χ0n) is 18.4. The summed E-state index contributed by atoms with van der Waals surface area (Å²) in [7, 11) is 0. The molecule has 2 aliphatic heterocycles. The molecule has 0 saturated carbocycles. The van der Waals surface area contributed by atoms with E-state index in [1.54, 1.807) is 12.1 Å². The number of esters is 1. The van der Waals surface area contributed by atoms with Crippen molar-refractivity contribution >= 4 is 12.1 Å². The predicted molar refractivity (Wildman–Crippen MR) is 112 cm³/mol. The fourth-order valence-corrected chi connectivity index (χ4v) is 5.81. The number of carbonyl (C=O) groups excluding carboxylic acids is 2. The van der Waals surface area contributed by atoms with Crippen molar-refractivity contribution in [2.45, 2.75) is 64.2 Å². The average Bonchev–Trinajstić information content (AvgIpc) is 3.05. The summed E-state index contributed by atoms with van der Waals surface area (Å²) in [6.45, 7) is 8.11. The Hall–Kier alpha value is -2.54. The molecule has 4 aliphatic rings. The Morgan fingerprint density at radius 2 is 2.06 bits per heavy atom. The molecule has 5 rings (SSSR count). The molecule has 7 nitrogen and oxygen atoms in total. The van der Waals surface area contributed by atoms with Crippen LogP contribution in [0.4, 0.5) is 4.79 Å². The quantitative estimate of drug-likeness (QED) is 0.444. The van der Waals surface area contributed by atoms with Gasteiger partial charge in [-0.15, -0.1) is 0 Å². The van der Waals surface area contributed by atoms with E-state index in [4.69, 9.17) is 14.2 Å². The largest absolute Gasteiger partial charge is 0.482 e. The maximum absolute atomic E-state index is 12.7. The second-order valence-corrected chi connectivity index (χ2v) is 9.96. The minimum Gasteiger partial charge on any atom is -0.482 e. The number of rotatable bonds is 2. The van der Waals surface area contributed by atoms with Gasteiger partial charge in [-0.05, 0) is 52.2 Å². The molecule has 1 aromatic rings. The number of benzene rings is 1. The highest BCUT2D eigenvalue weighted by atomic mass is 16.6. The van der Waals surface area contributed by atoms with Crippen LogP contribution < -0.4 is 9.47 Å². The highest BCUT2D eigenvalue weighted by molar-refractivity contribution is 5.79. The summed E-state index contributed by atoms with van der Waals surface area (Å²) >= 11 is 0. The lowest BCUT2D eigenvalue weighted by molar-refractivity contribution is -0.143. The molecule has 0 aromatic heterocycles. The summed E-state index contributed by atoms with van der Waals surface area (Å²) in [5, 5.41) is 10.8. The predicted octanol–water partition coefficient (Wildman–Crippen LogP) is 2.97. The molecule has 1 amide bonds. The number of hydrogen-bond donors (Lipinski definition) is 1. The second-order valence-electron chi connectivity index (χ2n) is 9.96. The molecular formula is C24H29NO6. The zero-order chi connectivity index (χ0) is 22.1. The van der Waals surface area contributed by atoms with E-state index in [2.05, 4.69) is 0 Å². The van der Waals surface area contributed by atoms with Crippen molar-refractivity contribution in [1.82, 2.24) is 4.90 Å². The zero-order valence-corrected chi connectivity index (χ0v) is 18.4. The molecule has 2 heterocycles. The van der Waals surface area contributed by atoms with Crippen molar-refractivity contribution in [3.63, 3.8) is 0 Å². The Kier molecular flexibility index (Phi) is 4.42. The van der Waals surface area contributed by atoms with Crippen LogP contribution in [0.2, 0.25) is 0 Å². The number of piperidine rings is 1. The number of likely N-dealkylation sites (tertiary alicyclic amines) is 1. The van der Waals surface area contributed by atoms with Crippen LogP contribution in [0.1, 0.15) is 45.2 Å². The standard InChI is InChI=1S/C24H29NO6/c1-5-29-22(28)25-11-10-24-14-7-8-16(26)20(24)31-19-17(30-21(27)23(2,3)4)9-6-13(18(19)24)12-15(14)25/h6-9,14-16,20,26H,5,10-12H2,1-4H3/t14?,15-,16?,20+,24+/m1/s1. The molecule has 7 heteroatoms. The van der Waals surface area contributed by atoms with E-state index in [-0.39, 0.29) is 24.0 Å². The first-order valence-corrected chi connectivity index (χ1v) is 11.0. The highest BCUT2D eigenvalue weighted by Gasteiger charge is 2.65. The molecular weight excluding hydrogens is 398 g/mol. The van der Waals surface area contributed by atoms with Gasteiger partial charge in [-0.2, -0.15) is 0 Å². The normalized spacial score (nSPS) is 32.2. The lowest BCUT2D eigenvalue weighted by atomic mass is 9.53. The second kappa shape index (κ2) is 6.73. The monoisotopic (exact) mass is 427 g/mol. The molecule has 1 aromatic carbocycles. The first kappa shape index (κ1) is 20.4. The van der Waals surface area contributed by atoms with Gasteiger partial charge in [0.2, 0.25) is 0 Å². The van der Waals surface area contributed by atoms with Gasteiger partial charge < -0.3 is 24.2 Å². The SMILES string of the molecule is CCOC(=O)N1CC[C@]23c4c5ccc(OC(=O)C(C)(C)C)c4O[C@H]2C(O)C=CC3[C@H]1C5. The fourth-order valence-electron chi connectivity index (χ4n) is 5.81. The molecule has 1 saturated heterocycles. The molecule has 1 N–H and O–H groups in total. The Balaban J connectivity index is 1.62. The Labute approximate surface area is 182 Å². The average molecular weight is 427 g/mol. The molecule has 31 heavy (non-hydrogen) atoms. The Morgan fingerprint density at radius 1 is 1.29 bits per heavy atom. The van der Waals surface area contributed by atoms with E-state index in [0.29, 0.717) is 37.5 Å². The lowest BCUT2D eigenvalue weighted by Gasteiger charge is -2.56. The van der Waals surface area contributed by atoms with Gasteiger partial charge in [0.25, 0.3) is 0 Å². The van der Waals surface area contributed by atoms with Gasteiger partial charge in [0.05, 0.1) is 12.0 Å². The molecule has 1 fully saturated rings. The minimum absolute atomic E-state index is 0.00127. The van der Waals surface area contributed by atoms with E-state index in [1.165, 1.54) is 0 Å². The maximum atomic E-state index is 12.7. The van der Waals surface area contributed by atoms with Crippen molar-refractivity contribution in [2.24, 2.45) is 11.3 Å². The number of ether oxygens (including phenoxy) is 3. The van der Waals surface area contributed by atoms with Crippen LogP contribution in [0.5, 0.6) is 11.5 Å². The van der Waals surface area contributed by atoms with Crippen LogP contribution in [0.15, 0.2) is 24.3 Å². The van der Waals surface area contributed by atoms with Gasteiger partial charge in [-0.1, -0.05) is 18.2 Å². The Bertz CT molecular complexity index is 979. The molecule has 2 bridgehead atoms. The third-order valence-corrected chi connectivity index (χ3v) is 7.17. The van der Waals surface area contributed by atoms with Crippen LogP contribution in [0.25, 0.3) is 0 Å².